The highest BCUT2D eigenvalue weighted by molar-refractivity contribution is 9.10. The Kier molecular flexibility index (Phi) is 4.96. The van der Waals surface area contributed by atoms with E-state index in [2.05, 4.69) is 21.2 Å². The summed E-state index contributed by atoms with van der Waals surface area (Å²) in [5.41, 5.74) is 2.14. The molecule has 3 heterocycles. The van der Waals surface area contributed by atoms with Gasteiger partial charge in [0, 0.05) is 35.1 Å². The van der Waals surface area contributed by atoms with E-state index in [0.717, 1.165) is 60.0 Å². The number of halogens is 2. The van der Waals surface area contributed by atoms with E-state index < -0.39 is 0 Å². The number of furan rings is 1. The van der Waals surface area contributed by atoms with Crippen molar-refractivity contribution in [2.75, 3.05) is 26.2 Å². The van der Waals surface area contributed by atoms with Gasteiger partial charge in [0.1, 0.15) is 5.58 Å². The molecule has 1 aromatic heterocycles. The van der Waals surface area contributed by atoms with Crippen molar-refractivity contribution < 1.29 is 9.21 Å². The van der Waals surface area contributed by atoms with Crippen LogP contribution in [-0.4, -0.2) is 37.0 Å². The molecule has 1 aromatic carbocycles. The van der Waals surface area contributed by atoms with Crippen molar-refractivity contribution in [2.24, 2.45) is 5.41 Å². The molecule has 2 aromatic rings. The van der Waals surface area contributed by atoms with Crippen LogP contribution in [0, 0.1) is 12.3 Å². The van der Waals surface area contributed by atoms with Gasteiger partial charge in [-0.3, -0.25) is 4.79 Å². The molecule has 2 fully saturated rings. The first-order valence-corrected chi connectivity index (χ1v) is 9.06. The van der Waals surface area contributed by atoms with Gasteiger partial charge < -0.3 is 14.6 Å². The van der Waals surface area contributed by atoms with Gasteiger partial charge in [-0.1, -0.05) is 15.9 Å². The van der Waals surface area contributed by atoms with Crippen molar-refractivity contribution >= 4 is 45.2 Å². The standard InChI is InChI=1S/C18H21BrN2O2.ClH/c1-12-14-10-13(19)2-3-15(14)23-16(12)17(22)21-8-5-18(6-9-21)4-7-20-11-18;/h2-3,10,20H,4-9,11H2,1H3;1H. The molecule has 6 heteroatoms. The van der Waals surface area contributed by atoms with Crippen LogP contribution in [0.1, 0.15) is 35.4 Å². The Morgan fingerprint density at radius 3 is 2.71 bits per heavy atom. The molecule has 2 saturated heterocycles. The van der Waals surface area contributed by atoms with E-state index in [0.29, 0.717) is 11.2 Å². The van der Waals surface area contributed by atoms with Crippen molar-refractivity contribution in [1.82, 2.24) is 10.2 Å². The molecular formula is C18H22BrClN2O2. The zero-order valence-corrected chi connectivity index (χ0v) is 16.1. The summed E-state index contributed by atoms with van der Waals surface area (Å²) in [6, 6.07) is 5.87. The maximum absolute atomic E-state index is 12.9. The van der Waals surface area contributed by atoms with Crippen LogP contribution in [0.3, 0.4) is 0 Å². The quantitative estimate of drug-likeness (QED) is 0.764. The zero-order chi connectivity index (χ0) is 16.0. The fourth-order valence-electron chi connectivity index (χ4n) is 3.95. The van der Waals surface area contributed by atoms with Crippen molar-refractivity contribution in [3.63, 3.8) is 0 Å². The Morgan fingerprint density at radius 1 is 1.29 bits per heavy atom. The Labute approximate surface area is 156 Å². The van der Waals surface area contributed by atoms with E-state index in [-0.39, 0.29) is 18.3 Å². The van der Waals surface area contributed by atoms with Gasteiger partial charge in [-0.25, -0.2) is 0 Å². The first-order valence-electron chi connectivity index (χ1n) is 8.27. The number of nitrogens with zero attached hydrogens (tertiary/aromatic N) is 1. The normalized spacial score (nSPS) is 19.7. The van der Waals surface area contributed by atoms with Crippen molar-refractivity contribution in [2.45, 2.75) is 26.2 Å². The third-order valence-electron chi connectivity index (χ3n) is 5.54. The number of aryl methyl sites for hydroxylation is 1. The lowest BCUT2D eigenvalue weighted by Crippen LogP contribution is -2.44. The summed E-state index contributed by atoms with van der Waals surface area (Å²) in [4.78, 5) is 14.8. The first-order chi connectivity index (χ1) is 11.1. The fraction of sp³-hybridized carbons (Fsp3) is 0.500. The largest absolute Gasteiger partial charge is 0.451 e. The number of benzene rings is 1. The van der Waals surface area contributed by atoms with Gasteiger partial charge in [-0.15, -0.1) is 12.4 Å². The number of carbonyl (C=O) groups is 1. The van der Waals surface area contributed by atoms with E-state index >= 15 is 0 Å². The number of carbonyl (C=O) groups excluding carboxylic acids is 1. The van der Waals surface area contributed by atoms with E-state index in [1.807, 2.05) is 30.0 Å². The topological polar surface area (TPSA) is 45.5 Å². The average molecular weight is 414 g/mol. The molecule has 0 atom stereocenters. The van der Waals surface area contributed by atoms with Crippen LogP contribution in [-0.2, 0) is 0 Å². The molecule has 1 spiro atoms. The minimum Gasteiger partial charge on any atom is -0.451 e. The average Bonchev–Trinajstić information content (AvgIpc) is 3.13. The molecule has 0 aliphatic carbocycles. The molecule has 2 aliphatic rings. The zero-order valence-electron chi connectivity index (χ0n) is 13.7. The van der Waals surface area contributed by atoms with Crippen LogP contribution < -0.4 is 5.32 Å². The smallest absolute Gasteiger partial charge is 0.289 e. The minimum atomic E-state index is 0. The number of amides is 1. The van der Waals surface area contributed by atoms with Crippen molar-refractivity contribution in [3.8, 4) is 0 Å². The van der Waals surface area contributed by atoms with Gasteiger partial charge in [-0.05, 0) is 56.3 Å². The molecule has 1 N–H and O–H groups in total. The van der Waals surface area contributed by atoms with Gasteiger partial charge in [0.05, 0.1) is 0 Å². The van der Waals surface area contributed by atoms with Crippen LogP contribution in [0.5, 0.6) is 0 Å². The van der Waals surface area contributed by atoms with Crippen LogP contribution >= 0.6 is 28.3 Å². The van der Waals surface area contributed by atoms with Crippen LogP contribution in [0.4, 0.5) is 0 Å². The predicted octanol–water partition coefficient (Wildman–Crippen LogP) is 4.14. The van der Waals surface area contributed by atoms with E-state index in [1.165, 1.54) is 6.42 Å². The third kappa shape index (κ3) is 2.98. The van der Waals surface area contributed by atoms with Gasteiger partial charge >= 0.3 is 0 Å². The molecule has 1 amide bonds. The summed E-state index contributed by atoms with van der Waals surface area (Å²) in [5, 5.41) is 4.47. The lowest BCUT2D eigenvalue weighted by atomic mass is 9.78. The van der Waals surface area contributed by atoms with E-state index in [9.17, 15) is 4.79 Å². The third-order valence-corrected chi connectivity index (χ3v) is 6.03. The Morgan fingerprint density at radius 2 is 2.04 bits per heavy atom. The summed E-state index contributed by atoms with van der Waals surface area (Å²) in [6.45, 7) is 5.86. The van der Waals surface area contributed by atoms with Crippen LogP contribution in [0.25, 0.3) is 11.0 Å². The first kappa shape index (κ1) is 17.8. The summed E-state index contributed by atoms with van der Waals surface area (Å²) < 4.78 is 6.86. The molecule has 0 radical (unpaired) electrons. The van der Waals surface area contributed by atoms with Gasteiger partial charge in [0.15, 0.2) is 5.76 Å². The number of piperidine rings is 1. The maximum atomic E-state index is 12.9. The number of hydrogen-bond acceptors (Lipinski definition) is 3. The Hall–Kier alpha value is -1.04. The van der Waals surface area contributed by atoms with Crippen molar-refractivity contribution in [3.05, 3.63) is 34.0 Å². The number of rotatable bonds is 1. The lowest BCUT2D eigenvalue weighted by Gasteiger charge is -2.38. The van der Waals surface area contributed by atoms with Gasteiger partial charge in [0.2, 0.25) is 0 Å². The molecule has 4 nitrogen and oxygen atoms in total. The number of likely N-dealkylation sites (tertiary alicyclic amines) is 1. The number of hydrogen-bond donors (Lipinski definition) is 1. The van der Waals surface area contributed by atoms with Crippen molar-refractivity contribution in [1.29, 1.82) is 0 Å². The predicted molar refractivity (Wildman–Crippen MR) is 101 cm³/mol. The monoisotopic (exact) mass is 412 g/mol. The van der Waals surface area contributed by atoms with Crippen LogP contribution in [0.15, 0.2) is 27.1 Å². The molecule has 4 rings (SSSR count). The summed E-state index contributed by atoms with van der Waals surface area (Å²) in [7, 11) is 0. The van der Waals surface area contributed by atoms with E-state index in [4.69, 9.17) is 4.42 Å². The molecular weight excluding hydrogens is 392 g/mol. The highest BCUT2D eigenvalue weighted by Crippen LogP contribution is 2.38. The minimum absolute atomic E-state index is 0. The molecule has 130 valence electrons. The Balaban J connectivity index is 0.00000169. The molecule has 24 heavy (non-hydrogen) atoms. The second-order valence-electron chi connectivity index (χ2n) is 6.92. The van der Waals surface area contributed by atoms with Gasteiger partial charge in [0.25, 0.3) is 5.91 Å². The maximum Gasteiger partial charge on any atom is 0.289 e. The molecule has 0 saturated carbocycles. The summed E-state index contributed by atoms with van der Waals surface area (Å²) in [5.74, 6) is 0.536. The second-order valence-corrected chi connectivity index (χ2v) is 7.83. The fourth-order valence-corrected chi connectivity index (χ4v) is 4.31. The van der Waals surface area contributed by atoms with Gasteiger partial charge in [-0.2, -0.15) is 0 Å². The second kappa shape index (κ2) is 6.70. The number of nitrogens with one attached hydrogen (secondary N) is 1. The highest BCUT2D eigenvalue weighted by atomic mass is 79.9. The number of fused-ring (bicyclic) bond motifs is 1. The van der Waals surface area contributed by atoms with Crippen LogP contribution in [0.2, 0.25) is 0 Å². The summed E-state index contributed by atoms with van der Waals surface area (Å²) >= 11 is 3.48. The highest BCUT2D eigenvalue weighted by Gasteiger charge is 2.38. The lowest BCUT2D eigenvalue weighted by molar-refractivity contribution is 0.0578. The Bertz CT molecular complexity index is 758. The SMILES string of the molecule is Cc1c(C(=O)N2CCC3(CCNC3)CC2)oc2ccc(Br)cc12.Cl. The molecule has 2 aliphatic heterocycles. The molecule has 0 unspecified atom stereocenters. The van der Waals surface area contributed by atoms with E-state index in [1.54, 1.807) is 0 Å². The summed E-state index contributed by atoms with van der Waals surface area (Å²) in [6.07, 6.45) is 3.43. The molecule has 0 bridgehead atoms.